The normalized spacial score (nSPS) is 15.9. The van der Waals surface area contributed by atoms with Gasteiger partial charge in [-0.1, -0.05) is 67.1 Å². The summed E-state index contributed by atoms with van der Waals surface area (Å²) in [5, 5.41) is 1.18. The molecule has 1 aromatic heterocycles. The topological polar surface area (TPSA) is 7.12 Å². The summed E-state index contributed by atoms with van der Waals surface area (Å²) in [6.07, 6.45) is 0.0759. The van der Waals surface area contributed by atoms with Crippen LogP contribution in [0.2, 0.25) is 0 Å². The molecule has 4 rings (SSSR count). The second-order valence-electron chi connectivity index (χ2n) is 7.13. The first-order valence-corrected chi connectivity index (χ1v) is 10.3. The van der Waals surface area contributed by atoms with Crippen LogP contribution in [0, 0.1) is 0 Å². The van der Waals surface area contributed by atoms with Crippen molar-refractivity contribution in [3.8, 4) is 0 Å². The van der Waals surface area contributed by atoms with Crippen molar-refractivity contribution in [3.63, 3.8) is 0 Å². The molecule has 0 spiro atoms. The van der Waals surface area contributed by atoms with Crippen molar-refractivity contribution in [1.82, 2.24) is 0 Å². The lowest BCUT2D eigenvalue weighted by atomic mass is 10.1. The Morgan fingerprint density at radius 3 is 2.38 bits per heavy atom. The van der Waals surface area contributed by atoms with Crippen molar-refractivity contribution in [2.75, 3.05) is 4.90 Å². The number of thiazole rings is 1. The van der Waals surface area contributed by atoms with Gasteiger partial charge in [-0.05, 0) is 24.1 Å². The average molecular weight is 439 g/mol. The molecule has 1 aliphatic rings. The molecule has 1 unspecified atom stereocenters. The van der Waals surface area contributed by atoms with Gasteiger partial charge in [-0.2, -0.15) is 13.2 Å². The van der Waals surface area contributed by atoms with Crippen molar-refractivity contribution < 1.29 is 30.1 Å². The minimum absolute atomic E-state index is 0. The molecule has 29 heavy (non-hydrogen) atoms. The van der Waals surface area contributed by atoms with E-state index in [9.17, 15) is 13.2 Å². The Kier molecular flexibility index (Phi) is 6.54. The highest BCUT2D eigenvalue weighted by Crippen LogP contribution is 2.37. The Morgan fingerprint density at radius 2 is 1.76 bits per heavy atom. The molecule has 2 nitrogen and oxygen atoms in total. The zero-order valence-corrected chi connectivity index (χ0v) is 17.6. The fourth-order valence-electron chi connectivity index (χ4n) is 3.70. The third kappa shape index (κ3) is 4.59. The SMILES string of the molecule is CCCc1c[n+]2c(s1)N(Cc1ccc(C(F)(F)F)cc1)C(c1ccccc1)C2.[Cl-]. The monoisotopic (exact) mass is 438 g/mol. The van der Waals surface area contributed by atoms with Crippen LogP contribution in [0.15, 0.2) is 60.8 Å². The molecule has 3 aromatic rings. The Labute approximate surface area is 179 Å². The number of halogens is 4. The molecule has 0 saturated carbocycles. The fourth-order valence-corrected chi connectivity index (χ4v) is 4.97. The van der Waals surface area contributed by atoms with Crippen molar-refractivity contribution in [2.24, 2.45) is 0 Å². The van der Waals surface area contributed by atoms with Crippen LogP contribution in [0.25, 0.3) is 0 Å². The molecular formula is C22H22ClF3N2S. The van der Waals surface area contributed by atoms with Gasteiger partial charge >= 0.3 is 11.3 Å². The molecule has 0 amide bonds. The van der Waals surface area contributed by atoms with Gasteiger partial charge in [0.25, 0.3) is 0 Å². The molecule has 0 saturated heterocycles. The smallest absolute Gasteiger partial charge is 0.416 e. The summed E-state index contributed by atoms with van der Waals surface area (Å²) in [4.78, 5) is 3.67. The molecule has 0 aliphatic carbocycles. The van der Waals surface area contributed by atoms with E-state index in [0.717, 1.165) is 24.9 Å². The van der Waals surface area contributed by atoms with Crippen LogP contribution in [0.1, 0.15) is 41.0 Å². The number of nitrogens with zero attached hydrogens (tertiary/aromatic N) is 2. The number of benzene rings is 2. The summed E-state index contributed by atoms with van der Waals surface area (Å²) >= 11 is 1.79. The van der Waals surface area contributed by atoms with Crippen LogP contribution in [0.4, 0.5) is 18.3 Å². The number of aromatic nitrogens is 1. The Morgan fingerprint density at radius 1 is 1.07 bits per heavy atom. The molecule has 2 heterocycles. The number of anilines is 1. The van der Waals surface area contributed by atoms with Crippen LogP contribution in [0.5, 0.6) is 0 Å². The van der Waals surface area contributed by atoms with E-state index in [0.29, 0.717) is 6.54 Å². The third-order valence-electron chi connectivity index (χ3n) is 5.07. The maximum Gasteiger partial charge on any atom is 0.416 e. The summed E-state index contributed by atoms with van der Waals surface area (Å²) in [7, 11) is 0. The highest BCUT2D eigenvalue weighted by Gasteiger charge is 2.40. The Hall–Kier alpha value is -2.05. The summed E-state index contributed by atoms with van der Waals surface area (Å²) in [5.74, 6) is 0. The second kappa shape index (κ2) is 8.76. The van der Waals surface area contributed by atoms with Gasteiger partial charge in [0, 0.05) is 5.56 Å². The van der Waals surface area contributed by atoms with Crippen molar-refractivity contribution in [2.45, 2.75) is 45.1 Å². The van der Waals surface area contributed by atoms with Crippen LogP contribution in [-0.4, -0.2) is 0 Å². The second-order valence-corrected chi connectivity index (χ2v) is 8.23. The number of hydrogen-bond acceptors (Lipinski definition) is 2. The predicted octanol–water partition coefficient (Wildman–Crippen LogP) is 2.77. The predicted molar refractivity (Wildman–Crippen MR) is 105 cm³/mol. The summed E-state index contributed by atoms with van der Waals surface area (Å²) in [6.45, 7) is 3.62. The van der Waals surface area contributed by atoms with Crippen LogP contribution in [-0.2, 0) is 25.7 Å². The van der Waals surface area contributed by atoms with Crippen molar-refractivity contribution >= 4 is 16.5 Å². The lowest BCUT2D eigenvalue weighted by Gasteiger charge is -2.19. The van der Waals surface area contributed by atoms with Gasteiger partial charge in [-0.15, -0.1) is 0 Å². The number of aryl methyl sites for hydroxylation is 1. The van der Waals surface area contributed by atoms with E-state index in [1.165, 1.54) is 27.7 Å². The summed E-state index contributed by atoms with van der Waals surface area (Å²) in [6, 6.07) is 16.0. The third-order valence-corrected chi connectivity index (χ3v) is 6.30. The van der Waals surface area contributed by atoms with E-state index >= 15 is 0 Å². The van der Waals surface area contributed by atoms with E-state index < -0.39 is 11.7 Å². The Bertz CT molecular complexity index is 939. The molecule has 0 bridgehead atoms. The molecule has 2 aromatic carbocycles. The van der Waals surface area contributed by atoms with Crippen LogP contribution >= 0.6 is 11.3 Å². The standard InChI is InChI=1S/C22H22F3N2S.ClH/c1-2-6-19-14-26-15-20(17-7-4-3-5-8-17)27(21(26)28-19)13-16-9-11-18(12-10-16)22(23,24)25;/h3-5,7-12,14,20H,2,6,13,15H2,1H3;1H/q+1;/p-1. The van der Waals surface area contributed by atoms with Crippen molar-refractivity contribution in [1.29, 1.82) is 0 Å². The number of alkyl halides is 3. The molecule has 154 valence electrons. The zero-order valence-electron chi connectivity index (χ0n) is 16.0. The van der Waals surface area contributed by atoms with Crippen LogP contribution in [0.3, 0.4) is 0 Å². The fraction of sp³-hybridized carbons (Fsp3) is 0.318. The van der Waals surface area contributed by atoms with E-state index in [1.54, 1.807) is 23.5 Å². The van der Waals surface area contributed by atoms with Gasteiger partial charge in [0.15, 0.2) is 6.04 Å². The van der Waals surface area contributed by atoms with Gasteiger partial charge in [0.1, 0.15) is 19.3 Å². The van der Waals surface area contributed by atoms with Crippen molar-refractivity contribution in [3.05, 3.63) is 82.4 Å². The minimum atomic E-state index is -4.30. The molecule has 0 fully saturated rings. The largest absolute Gasteiger partial charge is 1.00 e. The Balaban J connectivity index is 0.00000240. The lowest BCUT2D eigenvalue weighted by molar-refractivity contribution is -0.670. The molecule has 0 radical (unpaired) electrons. The quantitative estimate of drug-likeness (QED) is 0.556. The van der Waals surface area contributed by atoms with E-state index in [1.807, 2.05) is 18.2 Å². The van der Waals surface area contributed by atoms with E-state index in [-0.39, 0.29) is 18.4 Å². The highest BCUT2D eigenvalue weighted by molar-refractivity contribution is 7.15. The maximum absolute atomic E-state index is 12.9. The average Bonchev–Trinajstić information content (AvgIpc) is 3.21. The van der Waals surface area contributed by atoms with Gasteiger partial charge in [0.05, 0.1) is 10.4 Å². The van der Waals surface area contributed by atoms with Gasteiger partial charge in [-0.25, -0.2) is 9.47 Å². The van der Waals surface area contributed by atoms with Gasteiger partial charge < -0.3 is 12.4 Å². The molecule has 1 atom stereocenters. The summed E-state index contributed by atoms with van der Waals surface area (Å²) in [5.41, 5.74) is 1.50. The van der Waals surface area contributed by atoms with Crippen LogP contribution < -0.4 is 21.9 Å². The first kappa shape index (κ1) is 21.7. The zero-order chi connectivity index (χ0) is 19.7. The number of hydrogen-bond donors (Lipinski definition) is 0. The maximum atomic E-state index is 12.9. The number of rotatable bonds is 5. The lowest BCUT2D eigenvalue weighted by Crippen LogP contribution is -3.00. The van der Waals surface area contributed by atoms with Gasteiger partial charge in [0.2, 0.25) is 0 Å². The van der Waals surface area contributed by atoms with E-state index in [4.69, 9.17) is 0 Å². The highest BCUT2D eigenvalue weighted by atomic mass is 35.5. The molecule has 1 aliphatic heterocycles. The molecule has 0 N–H and O–H groups in total. The van der Waals surface area contributed by atoms with E-state index in [2.05, 4.69) is 34.7 Å². The minimum Gasteiger partial charge on any atom is -1.00 e. The first-order chi connectivity index (χ1) is 13.5. The summed E-state index contributed by atoms with van der Waals surface area (Å²) < 4.78 is 40.9. The molecular weight excluding hydrogens is 417 g/mol. The van der Waals surface area contributed by atoms with Gasteiger partial charge in [-0.3, -0.25) is 0 Å². The molecule has 7 heteroatoms. The first-order valence-electron chi connectivity index (χ1n) is 9.45. The number of fused-ring (bicyclic) bond motifs is 1.